The van der Waals surface area contributed by atoms with Gasteiger partial charge in [-0.05, 0) is 17.7 Å². The normalized spacial score (nSPS) is 10.8. The summed E-state index contributed by atoms with van der Waals surface area (Å²) in [7, 11) is 0. The second-order valence-corrected chi connectivity index (χ2v) is 6.06. The zero-order valence-corrected chi connectivity index (χ0v) is 13.2. The molecule has 3 aromatic rings. The monoisotopic (exact) mass is 364 g/mol. The molecule has 0 aliphatic carbocycles. The number of hydrogen-bond donors (Lipinski definition) is 3. The minimum absolute atomic E-state index is 0.0621. The maximum Gasteiger partial charge on any atom is 0.253 e. The third-order valence-electron chi connectivity index (χ3n) is 3.46. The summed E-state index contributed by atoms with van der Waals surface area (Å²) in [4.78, 5) is 34.2. The molecule has 1 heterocycles. The largest absolute Gasteiger partial charge is 0.504 e. The first-order valence-electron chi connectivity index (χ1n) is 6.95. The van der Waals surface area contributed by atoms with Gasteiger partial charge in [0.25, 0.3) is 10.9 Å². The van der Waals surface area contributed by atoms with E-state index in [-0.39, 0.29) is 39.8 Å². The number of nitrogens with one attached hydrogen (secondary N) is 2. The highest BCUT2D eigenvalue weighted by atomic mass is 32.1. The molecule has 3 N–H and O–H groups in total. The van der Waals surface area contributed by atoms with Crippen molar-refractivity contribution in [1.29, 1.82) is 0 Å². The smallest absolute Gasteiger partial charge is 0.253 e. The first-order chi connectivity index (χ1) is 11.9. The second kappa shape index (κ2) is 6.44. The number of rotatable bonds is 6. The Morgan fingerprint density at radius 1 is 1.08 bits per heavy atom. The van der Waals surface area contributed by atoms with Gasteiger partial charge in [-0.3, -0.25) is 14.4 Å². The number of hydrogen-bond acceptors (Lipinski definition) is 7. The van der Waals surface area contributed by atoms with Crippen LogP contribution in [0.2, 0.25) is 0 Å². The van der Waals surface area contributed by atoms with Crippen molar-refractivity contribution in [2.24, 2.45) is 0 Å². The Bertz CT molecular complexity index is 1020. The maximum atomic E-state index is 13.2. The highest BCUT2D eigenvalue weighted by molar-refractivity contribution is 7.12. The predicted molar refractivity (Wildman–Crippen MR) is 89.7 cm³/mol. The van der Waals surface area contributed by atoms with Crippen LogP contribution in [0.15, 0.2) is 33.2 Å². The molecule has 0 fully saturated rings. The average Bonchev–Trinajstić information content (AvgIpc) is 2.92. The topological polar surface area (TPSA) is 95.5 Å². The molecule has 9 heteroatoms. The lowest BCUT2D eigenvalue weighted by molar-refractivity contribution is 0.112. The van der Waals surface area contributed by atoms with Crippen LogP contribution in [0.1, 0.15) is 15.2 Å². The molecule has 0 saturated heterocycles. The van der Waals surface area contributed by atoms with Gasteiger partial charge in [0.1, 0.15) is 27.9 Å². The van der Waals surface area contributed by atoms with Crippen molar-refractivity contribution in [2.45, 2.75) is 6.54 Å². The van der Waals surface area contributed by atoms with E-state index in [2.05, 4.69) is 10.6 Å². The molecule has 0 aliphatic rings. The van der Waals surface area contributed by atoms with Crippen molar-refractivity contribution in [2.75, 3.05) is 10.6 Å². The van der Waals surface area contributed by atoms with E-state index in [4.69, 9.17) is 0 Å². The average molecular weight is 364 g/mol. The highest BCUT2D eigenvalue weighted by Crippen LogP contribution is 2.35. The molecule has 0 atom stereocenters. The molecule has 128 valence electrons. The number of halogens is 2. The van der Waals surface area contributed by atoms with E-state index in [1.807, 2.05) is 0 Å². The quantitative estimate of drug-likeness (QED) is 0.459. The zero-order valence-electron chi connectivity index (χ0n) is 12.4. The highest BCUT2D eigenvalue weighted by Gasteiger charge is 2.22. The van der Waals surface area contributed by atoms with Gasteiger partial charge in [-0.2, -0.15) is 0 Å². The number of aromatic hydroxyl groups is 1. The standard InChI is InChI=1S/C16H10F2N2O4S/c17-8-1-7(2-9(18)3-8)4-19-12-13(16(24)15(12)23)20-10-6-25-11(5-21)14(10)22/h1-3,5-6,19-20,22H,4H2. The minimum atomic E-state index is -0.800. The molecular formula is C16H10F2N2O4S. The van der Waals surface area contributed by atoms with Crippen molar-refractivity contribution in [3.63, 3.8) is 0 Å². The molecule has 2 aromatic carbocycles. The molecule has 0 unspecified atom stereocenters. The minimum Gasteiger partial charge on any atom is -0.504 e. The van der Waals surface area contributed by atoms with Gasteiger partial charge in [-0.1, -0.05) is 0 Å². The number of carbonyl (C=O) groups excluding carboxylic acids is 1. The van der Waals surface area contributed by atoms with Crippen molar-refractivity contribution < 1.29 is 18.7 Å². The van der Waals surface area contributed by atoms with Crippen LogP contribution in [0.25, 0.3) is 0 Å². The summed E-state index contributed by atoms with van der Waals surface area (Å²) in [6.07, 6.45) is 0.463. The van der Waals surface area contributed by atoms with Crippen LogP contribution in [0, 0.1) is 11.6 Å². The van der Waals surface area contributed by atoms with E-state index in [0.29, 0.717) is 6.29 Å². The Kier molecular flexibility index (Phi) is 4.32. The van der Waals surface area contributed by atoms with E-state index in [1.165, 1.54) is 5.38 Å². The van der Waals surface area contributed by atoms with E-state index >= 15 is 0 Å². The first-order valence-corrected chi connectivity index (χ1v) is 7.83. The third-order valence-corrected chi connectivity index (χ3v) is 4.36. The van der Waals surface area contributed by atoms with Gasteiger partial charge in [0, 0.05) is 18.0 Å². The molecule has 1 aromatic heterocycles. The summed E-state index contributed by atoms with van der Waals surface area (Å²) in [5.74, 6) is -1.85. The van der Waals surface area contributed by atoms with Crippen molar-refractivity contribution >= 4 is 34.7 Å². The summed E-state index contributed by atoms with van der Waals surface area (Å²) in [5, 5.41) is 16.5. The van der Waals surface area contributed by atoms with Gasteiger partial charge < -0.3 is 15.7 Å². The van der Waals surface area contributed by atoms with Crippen LogP contribution in [0.4, 0.5) is 25.8 Å². The molecule has 0 aliphatic heterocycles. The Labute approximate surface area is 143 Å². The Balaban J connectivity index is 1.80. The lowest BCUT2D eigenvalue weighted by atomic mass is 10.1. The molecule has 6 nitrogen and oxygen atoms in total. The van der Waals surface area contributed by atoms with Gasteiger partial charge in [-0.25, -0.2) is 8.78 Å². The molecule has 25 heavy (non-hydrogen) atoms. The number of carbonyl (C=O) groups is 1. The van der Waals surface area contributed by atoms with E-state index in [1.54, 1.807) is 0 Å². The van der Waals surface area contributed by atoms with Crippen LogP contribution < -0.4 is 21.5 Å². The molecule has 0 saturated carbocycles. The maximum absolute atomic E-state index is 13.2. The summed E-state index contributed by atoms with van der Waals surface area (Å²) in [6.45, 7) is -0.0799. The van der Waals surface area contributed by atoms with Gasteiger partial charge in [-0.15, -0.1) is 11.3 Å². The fourth-order valence-corrected chi connectivity index (χ4v) is 2.95. The SMILES string of the molecule is O=Cc1scc(Nc2c(NCc3cc(F)cc(F)c3)c(=O)c2=O)c1O. The third kappa shape index (κ3) is 3.13. The van der Waals surface area contributed by atoms with Gasteiger partial charge in [0.2, 0.25) is 0 Å². The summed E-state index contributed by atoms with van der Waals surface area (Å²) >= 11 is 0.966. The Morgan fingerprint density at radius 2 is 1.72 bits per heavy atom. The van der Waals surface area contributed by atoms with E-state index < -0.39 is 22.5 Å². The van der Waals surface area contributed by atoms with Crippen LogP contribution in [-0.4, -0.2) is 11.4 Å². The molecule has 0 amide bonds. The number of aldehydes is 1. The zero-order chi connectivity index (χ0) is 18.1. The fourth-order valence-electron chi connectivity index (χ4n) is 2.26. The van der Waals surface area contributed by atoms with Crippen LogP contribution in [-0.2, 0) is 6.54 Å². The molecule has 0 bridgehead atoms. The van der Waals surface area contributed by atoms with Gasteiger partial charge in [0.15, 0.2) is 12.0 Å². The summed E-state index contributed by atoms with van der Waals surface area (Å²) < 4.78 is 26.3. The molecular weight excluding hydrogens is 354 g/mol. The van der Waals surface area contributed by atoms with Crippen molar-refractivity contribution in [3.8, 4) is 5.75 Å². The second-order valence-electron chi connectivity index (χ2n) is 5.14. The lowest BCUT2D eigenvalue weighted by Gasteiger charge is -2.14. The number of benzene rings is 1. The van der Waals surface area contributed by atoms with Gasteiger partial charge >= 0.3 is 0 Å². The number of anilines is 3. The molecule has 3 rings (SSSR count). The summed E-state index contributed by atoms with van der Waals surface area (Å²) in [5.41, 5.74) is -1.38. The molecule has 0 radical (unpaired) electrons. The van der Waals surface area contributed by atoms with Crippen LogP contribution >= 0.6 is 11.3 Å². The predicted octanol–water partition coefficient (Wildman–Crippen LogP) is 2.50. The summed E-state index contributed by atoms with van der Waals surface area (Å²) in [6, 6.07) is 2.91. The Hall–Kier alpha value is -3.07. The Morgan fingerprint density at radius 3 is 2.32 bits per heavy atom. The van der Waals surface area contributed by atoms with E-state index in [9.17, 15) is 28.3 Å². The van der Waals surface area contributed by atoms with Crippen molar-refractivity contribution in [3.05, 3.63) is 66.1 Å². The van der Waals surface area contributed by atoms with Crippen LogP contribution in [0.3, 0.4) is 0 Å². The molecule has 0 spiro atoms. The van der Waals surface area contributed by atoms with E-state index in [0.717, 1.165) is 29.5 Å². The number of thiophene rings is 1. The van der Waals surface area contributed by atoms with Gasteiger partial charge in [0.05, 0.1) is 5.69 Å². The van der Waals surface area contributed by atoms with Crippen molar-refractivity contribution in [1.82, 2.24) is 0 Å². The lowest BCUT2D eigenvalue weighted by Crippen LogP contribution is -2.36. The first kappa shape index (κ1) is 16.8. The fraction of sp³-hybridized carbons (Fsp3) is 0.0625. The van der Waals surface area contributed by atoms with Crippen LogP contribution in [0.5, 0.6) is 5.75 Å².